The maximum absolute atomic E-state index is 14.3. The zero-order valence-electron chi connectivity index (χ0n) is 19.4. The van der Waals surface area contributed by atoms with E-state index < -0.39 is 52.9 Å². The number of aliphatic hydroxyl groups excluding tert-OH is 1. The van der Waals surface area contributed by atoms with Gasteiger partial charge in [0.2, 0.25) is 5.91 Å². The maximum atomic E-state index is 14.3. The van der Waals surface area contributed by atoms with Gasteiger partial charge in [0.1, 0.15) is 17.6 Å². The van der Waals surface area contributed by atoms with E-state index in [9.17, 15) is 24.6 Å². The summed E-state index contributed by atoms with van der Waals surface area (Å²) in [4.78, 5) is 43.4. The first-order chi connectivity index (χ1) is 16.2. The number of carbonyl (C=O) groups excluding carboxylic acids is 2. The van der Waals surface area contributed by atoms with Crippen LogP contribution in [0.4, 0.5) is 5.69 Å². The van der Waals surface area contributed by atoms with Gasteiger partial charge in [-0.3, -0.25) is 14.4 Å². The highest BCUT2D eigenvalue weighted by Crippen LogP contribution is 2.64. The molecule has 0 radical (unpaired) electrons. The molecule has 4 rings (SSSR count). The standard InChI is InChI=1S/C25H31ClN2O6/c1-4-13-27(17-10-8-7-9-16(17)26)22(31)20-25-12-11-24(6-3,34-25)19(23(32)33)18(25)21(30)28(20)15(5-2)14-29/h4,7-10,15,18-20,29H,1,5-6,11-14H2,2-3H3,(H,32,33)/t15-,18-,19+,20?,24-,25?/m0/s1. The van der Waals surface area contributed by atoms with Crippen molar-refractivity contribution in [2.45, 2.75) is 62.8 Å². The van der Waals surface area contributed by atoms with Crippen LogP contribution in [0.15, 0.2) is 36.9 Å². The van der Waals surface area contributed by atoms with Crippen LogP contribution in [0.5, 0.6) is 0 Å². The Labute approximate surface area is 204 Å². The summed E-state index contributed by atoms with van der Waals surface area (Å²) in [7, 11) is 0. The van der Waals surface area contributed by atoms with Gasteiger partial charge in [-0.1, -0.05) is 43.7 Å². The molecule has 3 fully saturated rings. The molecule has 3 saturated heterocycles. The molecule has 1 aromatic rings. The number of rotatable bonds is 9. The van der Waals surface area contributed by atoms with Gasteiger partial charge in [-0.2, -0.15) is 0 Å². The first kappa shape index (κ1) is 24.7. The van der Waals surface area contributed by atoms with Crippen LogP contribution in [-0.2, 0) is 19.1 Å². The Bertz CT molecular complexity index is 1010. The second kappa shape index (κ2) is 8.98. The molecule has 2 N–H and O–H groups in total. The number of aliphatic hydroxyl groups is 1. The molecule has 2 bridgehead atoms. The number of amides is 2. The second-order valence-electron chi connectivity index (χ2n) is 9.35. The smallest absolute Gasteiger partial charge is 0.310 e. The van der Waals surface area contributed by atoms with Crippen molar-refractivity contribution in [2.24, 2.45) is 11.8 Å². The van der Waals surface area contributed by atoms with Crippen LogP contribution < -0.4 is 4.90 Å². The fourth-order valence-corrected chi connectivity index (χ4v) is 6.61. The molecular weight excluding hydrogens is 460 g/mol. The number of likely N-dealkylation sites (tertiary alicyclic amines) is 1. The number of nitrogens with zero attached hydrogens (tertiary/aromatic N) is 2. The SMILES string of the molecule is C=CCN(C(=O)C1N([C@@H](CC)CO)C(=O)[C@@H]2[C@H](C(=O)O)[C@]3(CC)CCC12O3)c1ccccc1Cl. The molecule has 184 valence electrons. The summed E-state index contributed by atoms with van der Waals surface area (Å²) < 4.78 is 6.53. The number of carboxylic acids is 1. The van der Waals surface area contributed by atoms with Gasteiger partial charge in [-0.05, 0) is 37.8 Å². The summed E-state index contributed by atoms with van der Waals surface area (Å²) in [6.45, 7) is 7.23. The number of anilines is 1. The summed E-state index contributed by atoms with van der Waals surface area (Å²) in [5, 5.41) is 20.6. The minimum atomic E-state index is -1.28. The third kappa shape index (κ3) is 3.30. The number of para-hydroxylation sites is 1. The van der Waals surface area contributed by atoms with Gasteiger partial charge in [0, 0.05) is 6.54 Å². The quantitative estimate of drug-likeness (QED) is 0.515. The Balaban J connectivity index is 1.88. The molecule has 3 heterocycles. The van der Waals surface area contributed by atoms with Gasteiger partial charge in [0.15, 0.2) is 0 Å². The van der Waals surface area contributed by atoms with Gasteiger partial charge in [-0.15, -0.1) is 6.58 Å². The van der Waals surface area contributed by atoms with Crippen molar-refractivity contribution >= 4 is 35.1 Å². The second-order valence-corrected chi connectivity index (χ2v) is 9.76. The monoisotopic (exact) mass is 490 g/mol. The molecular formula is C25H31ClN2O6. The normalized spacial score (nSPS) is 32.5. The summed E-state index contributed by atoms with van der Waals surface area (Å²) in [5.41, 5.74) is -1.81. The minimum Gasteiger partial charge on any atom is -0.481 e. The Morgan fingerprint density at radius 2 is 2.06 bits per heavy atom. The molecule has 8 nitrogen and oxygen atoms in total. The lowest BCUT2D eigenvalue weighted by atomic mass is 9.65. The van der Waals surface area contributed by atoms with E-state index in [1.165, 1.54) is 9.80 Å². The molecule has 3 aliphatic rings. The number of carboxylic acid groups (broad SMARTS) is 1. The van der Waals surface area contributed by atoms with Crippen molar-refractivity contribution in [1.82, 2.24) is 4.90 Å². The van der Waals surface area contributed by atoms with E-state index in [0.29, 0.717) is 36.4 Å². The number of benzene rings is 1. The Morgan fingerprint density at radius 1 is 1.35 bits per heavy atom. The van der Waals surface area contributed by atoms with Crippen LogP contribution in [0.3, 0.4) is 0 Å². The molecule has 3 aliphatic heterocycles. The molecule has 34 heavy (non-hydrogen) atoms. The summed E-state index contributed by atoms with van der Waals surface area (Å²) in [6.07, 6.45) is 3.24. The molecule has 0 aliphatic carbocycles. The predicted octanol–water partition coefficient (Wildman–Crippen LogP) is 2.87. The van der Waals surface area contributed by atoms with E-state index in [1.54, 1.807) is 30.3 Å². The Morgan fingerprint density at radius 3 is 2.62 bits per heavy atom. The van der Waals surface area contributed by atoms with Crippen LogP contribution in [0, 0.1) is 11.8 Å². The maximum Gasteiger partial charge on any atom is 0.310 e. The fourth-order valence-electron chi connectivity index (χ4n) is 6.37. The highest BCUT2D eigenvalue weighted by Gasteiger charge is 2.79. The number of hydrogen-bond donors (Lipinski definition) is 2. The van der Waals surface area contributed by atoms with Crippen LogP contribution in [0.2, 0.25) is 5.02 Å². The topological polar surface area (TPSA) is 107 Å². The van der Waals surface area contributed by atoms with Crippen LogP contribution in [0.25, 0.3) is 0 Å². The molecule has 1 spiro atoms. The van der Waals surface area contributed by atoms with E-state index in [-0.39, 0.29) is 13.2 Å². The molecule has 0 saturated carbocycles. The number of fused-ring (bicyclic) bond motifs is 1. The van der Waals surface area contributed by atoms with Crippen LogP contribution in [-0.4, -0.2) is 69.3 Å². The Hall–Kier alpha value is -2.42. The van der Waals surface area contributed by atoms with E-state index in [4.69, 9.17) is 16.3 Å². The van der Waals surface area contributed by atoms with Crippen LogP contribution >= 0.6 is 11.6 Å². The van der Waals surface area contributed by atoms with E-state index in [0.717, 1.165) is 0 Å². The minimum absolute atomic E-state index is 0.138. The number of ether oxygens (including phenoxy) is 1. The van der Waals surface area contributed by atoms with Crippen molar-refractivity contribution < 1.29 is 29.3 Å². The van der Waals surface area contributed by atoms with Gasteiger partial charge < -0.3 is 24.7 Å². The first-order valence-corrected chi connectivity index (χ1v) is 12.1. The number of halogens is 1. The number of carbonyl (C=O) groups is 3. The Kier molecular flexibility index (Phi) is 6.52. The number of hydrogen-bond acceptors (Lipinski definition) is 5. The lowest BCUT2D eigenvalue weighted by molar-refractivity contribution is -0.157. The lowest BCUT2D eigenvalue weighted by Crippen LogP contribution is -2.59. The van der Waals surface area contributed by atoms with Crippen molar-refractivity contribution in [2.75, 3.05) is 18.1 Å². The molecule has 6 atom stereocenters. The van der Waals surface area contributed by atoms with Gasteiger partial charge in [-0.25, -0.2) is 0 Å². The third-order valence-electron chi connectivity index (χ3n) is 7.92. The predicted molar refractivity (Wildman–Crippen MR) is 126 cm³/mol. The lowest BCUT2D eigenvalue weighted by Gasteiger charge is -2.39. The number of aliphatic carboxylic acids is 1. The fraction of sp³-hybridized carbons (Fsp3) is 0.560. The largest absolute Gasteiger partial charge is 0.481 e. The molecule has 9 heteroatoms. The summed E-state index contributed by atoms with van der Waals surface area (Å²) in [5.74, 6) is -4.01. The average Bonchev–Trinajstić information content (AvgIpc) is 3.43. The highest BCUT2D eigenvalue weighted by atomic mass is 35.5. The van der Waals surface area contributed by atoms with Crippen molar-refractivity contribution in [3.05, 3.63) is 41.9 Å². The van der Waals surface area contributed by atoms with Crippen LogP contribution in [0.1, 0.15) is 39.5 Å². The average molecular weight is 491 g/mol. The molecule has 2 unspecified atom stereocenters. The first-order valence-electron chi connectivity index (χ1n) is 11.8. The third-order valence-corrected chi connectivity index (χ3v) is 8.23. The van der Waals surface area contributed by atoms with Gasteiger partial charge in [0.05, 0.1) is 34.9 Å². The molecule has 0 aromatic heterocycles. The zero-order chi connectivity index (χ0) is 24.8. The molecule has 1 aromatic carbocycles. The van der Waals surface area contributed by atoms with E-state index in [1.807, 2.05) is 13.8 Å². The molecule has 2 amide bonds. The van der Waals surface area contributed by atoms with E-state index >= 15 is 0 Å². The van der Waals surface area contributed by atoms with Crippen molar-refractivity contribution in [3.63, 3.8) is 0 Å². The van der Waals surface area contributed by atoms with E-state index in [2.05, 4.69) is 6.58 Å². The van der Waals surface area contributed by atoms with Crippen molar-refractivity contribution in [3.8, 4) is 0 Å². The van der Waals surface area contributed by atoms with Crippen molar-refractivity contribution in [1.29, 1.82) is 0 Å². The zero-order valence-corrected chi connectivity index (χ0v) is 20.2. The summed E-state index contributed by atoms with van der Waals surface area (Å²) >= 11 is 6.43. The van der Waals surface area contributed by atoms with Gasteiger partial charge >= 0.3 is 5.97 Å². The highest BCUT2D eigenvalue weighted by molar-refractivity contribution is 6.34. The summed E-state index contributed by atoms with van der Waals surface area (Å²) in [6, 6.07) is 5.17. The van der Waals surface area contributed by atoms with Gasteiger partial charge in [0.25, 0.3) is 5.91 Å².